The van der Waals surface area contributed by atoms with Crippen LogP contribution in [0.15, 0.2) is 83.9 Å². The Morgan fingerprint density at radius 3 is 2.03 bits per heavy atom. The van der Waals surface area contributed by atoms with Gasteiger partial charge < -0.3 is 4.90 Å². The molecule has 0 bridgehead atoms. The molecule has 29 heavy (non-hydrogen) atoms. The van der Waals surface area contributed by atoms with Crippen LogP contribution < -0.4 is 0 Å². The van der Waals surface area contributed by atoms with Gasteiger partial charge in [0, 0.05) is 17.0 Å². The summed E-state index contributed by atoms with van der Waals surface area (Å²) in [6.07, 6.45) is 1.79. The summed E-state index contributed by atoms with van der Waals surface area (Å²) < 4.78 is 0. The molecule has 4 nitrogen and oxygen atoms in total. The molecule has 0 radical (unpaired) electrons. The largest absolute Gasteiger partial charge is 0.306 e. The number of hydrogen-bond donors (Lipinski definition) is 0. The van der Waals surface area contributed by atoms with Crippen molar-refractivity contribution >= 4 is 17.3 Å². The lowest BCUT2D eigenvalue weighted by molar-refractivity contribution is 0.0851. The molecule has 4 heteroatoms. The molecule has 0 atom stereocenters. The van der Waals surface area contributed by atoms with E-state index < -0.39 is 0 Å². The molecule has 2 aromatic carbocycles. The fourth-order valence-corrected chi connectivity index (χ4v) is 3.71. The topological polar surface area (TPSA) is 45.6 Å². The standard InChI is InChI=1S/C25H25N3O/c1-28-17-15-21(16-18-28)25(29)22-13-8-14-23(26-22)27-24(19-9-4-2-5-10-19)20-11-6-3-7-12-20/h2-14,21H,15-18H2,1H3. The van der Waals surface area contributed by atoms with Gasteiger partial charge in [0.05, 0.1) is 5.71 Å². The van der Waals surface area contributed by atoms with Gasteiger partial charge in [-0.25, -0.2) is 9.98 Å². The average Bonchev–Trinajstić information content (AvgIpc) is 2.79. The smallest absolute Gasteiger partial charge is 0.184 e. The van der Waals surface area contributed by atoms with E-state index in [0.717, 1.165) is 42.8 Å². The van der Waals surface area contributed by atoms with Crippen molar-refractivity contribution < 1.29 is 4.79 Å². The van der Waals surface area contributed by atoms with Crippen LogP contribution in [0.5, 0.6) is 0 Å². The zero-order valence-electron chi connectivity index (χ0n) is 16.7. The van der Waals surface area contributed by atoms with Crippen molar-refractivity contribution in [1.82, 2.24) is 9.88 Å². The van der Waals surface area contributed by atoms with Crippen LogP contribution in [-0.4, -0.2) is 41.5 Å². The highest BCUT2D eigenvalue weighted by Crippen LogP contribution is 2.22. The second-order valence-corrected chi connectivity index (χ2v) is 7.52. The van der Waals surface area contributed by atoms with Crippen LogP contribution in [0.2, 0.25) is 0 Å². The number of nitrogens with zero attached hydrogens (tertiary/aromatic N) is 3. The van der Waals surface area contributed by atoms with Crippen molar-refractivity contribution in [3.8, 4) is 0 Å². The number of aromatic nitrogens is 1. The Morgan fingerprint density at radius 2 is 1.45 bits per heavy atom. The fourth-order valence-electron chi connectivity index (χ4n) is 3.71. The Labute approximate surface area is 171 Å². The van der Waals surface area contributed by atoms with E-state index >= 15 is 0 Å². The predicted molar refractivity (Wildman–Crippen MR) is 117 cm³/mol. The monoisotopic (exact) mass is 383 g/mol. The Balaban J connectivity index is 1.67. The molecule has 1 aromatic heterocycles. The van der Waals surface area contributed by atoms with Crippen molar-refractivity contribution in [1.29, 1.82) is 0 Å². The minimum absolute atomic E-state index is 0.0562. The number of pyridine rings is 1. The predicted octanol–water partition coefficient (Wildman–Crippen LogP) is 4.78. The lowest BCUT2D eigenvalue weighted by Crippen LogP contribution is -2.33. The molecule has 0 N–H and O–H groups in total. The van der Waals surface area contributed by atoms with Gasteiger partial charge in [0.1, 0.15) is 5.69 Å². The van der Waals surface area contributed by atoms with Crippen LogP contribution in [0.25, 0.3) is 0 Å². The minimum Gasteiger partial charge on any atom is -0.306 e. The fraction of sp³-hybridized carbons (Fsp3) is 0.240. The second kappa shape index (κ2) is 8.93. The number of piperidine rings is 1. The molecule has 0 aliphatic carbocycles. The van der Waals surface area contributed by atoms with Gasteiger partial charge in [-0.1, -0.05) is 66.7 Å². The van der Waals surface area contributed by atoms with Gasteiger partial charge in [0.15, 0.2) is 11.6 Å². The summed E-state index contributed by atoms with van der Waals surface area (Å²) in [5.41, 5.74) is 3.41. The normalized spacial score (nSPS) is 15.1. The number of likely N-dealkylation sites (tertiary alicyclic amines) is 1. The highest BCUT2D eigenvalue weighted by atomic mass is 16.1. The summed E-state index contributed by atoms with van der Waals surface area (Å²) in [4.78, 5) is 24.7. The first-order chi connectivity index (χ1) is 14.2. The molecular formula is C25H25N3O. The second-order valence-electron chi connectivity index (χ2n) is 7.52. The first-order valence-electron chi connectivity index (χ1n) is 10.1. The maximum Gasteiger partial charge on any atom is 0.184 e. The Hall–Kier alpha value is -3.11. The summed E-state index contributed by atoms with van der Waals surface area (Å²) in [5.74, 6) is 0.753. The first-order valence-corrected chi connectivity index (χ1v) is 10.1. The van der Waals surface area contributed by atoms with E-state index in [4.69, 9.17) is 4.99 Å². The van der Waals surface area contributed by atoms with Crippen molar-refractivity contribution in [2.45, 2.75) is 12.8 Å². The van der Waals surface area contributed by atoms with Gasteiger partial charge in [0.25, 0.3) is 0 Å². The summed E-state index contributed by atoms with van der Waals surface area (Å²) in [5, 5.41) is 0. The molecule has 146 valence electrons. The van der Waals surface area contributed by atoms with Crippen LogP contribution in [0.1, 0.15) is 34.5 Å². The van der Waals surface area contributed by atoms with Crippen molar-refractivity contribution in [3.63, 3.8) is 0 Å². The molecule has 1 saturated heterocycles. The quantitative estimate of drug-likeness (QED) is 0.471. The van der Waals surface area contributed by atoms with Crippen LogP contribution >= 0.6 is 0 Å². The molecule has 1 fully saturated rings. The van der Waals surface area contributed by atoms with Crippen LogP contribution in [-0.2, 0) is 0 Å². The van der Waals surface area contributed by atoms with Crippen LogP contribution in [0, 0.1) is 5.92 Å². The van der Waals surface area contributed by atoms with Gasteiger partial charge in [0.2, 0.25) is 0 Å². The van der Waals surface area contributed by atoms with Gasteiger partial charge in [-0.3, -0.25) is 4.79 Å². The lowest BCUT2D eigenvalue weighted by atomic mass is 9.91. The molecule has 0 saturated carbocycles. The molecule has 1 aliphatic heterocycles. The Morgan fingerprint density at radius 1 is 0.862 bits per heavy atom. The number of carbonyl (C=O) groups excluding carboxylic acids is 1. The molecule has 0 unspecified atom stereocenters. The van der Waals surface area contributed by atoms with Gasteiger partial charge in [-0.15, -0.1) is 0 Å². The minimum atomic E-state index is 0.0562. The third kappa shape index (κ3) is 4.66. The number of ketones is 1. The number of carbonyl (C=O) groups is 1. The van der Waals surface area contributed by atoms with E-state index in [-0.39, 0.29) is 11.7 Å². The maximum absolute atomic E-state index is 13.0. The molecule has 0 amide bonds. The third-order valence-electron chi connectivity index (χ3n) is 5.40. The Kier molecular flexibility index (Phi) is 5.92. The lowest BCUT2D eigenvalue weighted by Gasteiger charge is -2.27. The molecule has 1 aliphatic rings. The number of Topliss-reactive ketones (excluding diaryl/α,β-unsaturated/α-hetero) is 1. The Bertz CT molecular complexity index is 949. The number of hydrogen-bond acceptors (Lipinski definition) is 4. The highest BCUT2D eigenvalue weighted by Gasteiger charge is 2.25. The third-order valence-corrected chi connectivity index (χ3v) is 5.40. The van der Waals surface area contributed by atoms with E-state index in [1.165, 1.54) is 0 Å². The van der Waals surface area contributed by atoms with Crippen LogP contribution in [0.3, 0.4) is 0 Å². The molecule has 3 aromatic rings. The number of aliphatic imine (C=N–C) groups is 1. The van der Waals surface area contributed by atoms with Crippen molar-refractivity contribution in [2.75, 3.05) is 20.1 Å². The van der Waals surface area contributed by atoms with E-state index in [1.807, 2.05) is 78.9 Å². The van der Waals surface area contributed by atoms with E-state index in [9.17, 15) is 4.79 Å². The van der Waals surface area contributed by atoms with Crippen LogP contribution in [0.4, 0.5) is 5.82 Å². The summed E-state index contributed by atoms with van der Waals surface area (Å²) in [6, 6.07) is 25.7. The van der Waals surface area contributed by atoms with E-state index in [2.05, 4.69) is 16.9 Å². The number of benzene rings is 2. The van der Waals surface area contributed by atoms with Gasteiger partial charge in [-0.05, 0) is 45.1 Å². The average molecular weight is 383 g/mol. The summed E-state index contributed by atoms with van der Waals surface area (Å²) in [7, 11) is 2.10. The zero-order chi connectivity index (χ0) is 20.1. The molecule has 4 rings (SSSR count). The molecule has 2 heterocycles. The highest BCUT2D eigenvalue weighted by molar-refractivity contribution is 6.13. The summed E-state index contributed by atoms with van der Waals surface area (Å²) >= 11 is 0. The number of rotatable bonds is 5. The van der Waals surface area contributed by atoms with Crippen molar-refractivity contribution in [2.24, 2.45) is 10.9 Å². The SMILES string of the molecule is CN1CCC(C(=O)c2cccc(N=C(c3ccccc3)c3ccccc3)n2)CC1. The first kappa shape index (κ1) is 19.2. The van der Waals surface area contributed by atoms with E-state index in [0.29, 0.717) is 11.5 Å². The maximum atomic E-state index is 13.0. The summed E-state index contributed by atoms with van der Waals surface area (Å²) in [6.45, 7) is 1.92. The van der Waals surface area contributed by atoms with E-state index in [1.54, 1.807) is 0 Å². The molecule has 0 spiro atoms. The van der Waals surface area contributed by atoms with Gasteiger partial charge >= 0.3 is 0 Å². The van der Waals surface area contributed by atoms with Gasteiger partial charge in [-0.2, -0.15) is 0 Å². The van der Waals surface area contributed by atoms with Crippen molar-refractivity contribution in [3.05, 3.63) is 95.7 Å². The zero-order valence-corrected chi connectivity index (χ0v) is 16.7. The molecular weight excluding hydrogens is 358 g/mol.